The van der Waals surface area contributed by atoms with Crippen LogP contribution in [0.4, 0.5) is 10.2 Å². The number of amides is 2. The Labute approximate surface area is 196 Å². The number of aryl methyl sites for hydroxylation is 2. The van der Waals surface area contributed by atoms with Crippen LogP contribution >= 0.6 is 0 Å². The molecule has 0 saturated heterocycles. The van der Waals surface area contributed by atoms with Crippen LogP contribution in [0.2, 0.25) is 0 Å². The van der Waals surface area contributed by atoms with Crippen molar-refractivity contribution in [1.82, 2.24) is 15.1 Å². The molecule has 1 aliphatic heterocycles. The first-order valence-electron chi connectivity index (χ1n) is 11.0. The molecule has 2 unspecified atom stereocenters. The SMILES string of the molecule is Cc1ccc(-n2nc(C)c3c2NC(=O)C(NC(=O)c2ccccc2)C3c2cccc(F)c2)cc1. The number of benzene rings is 3. The van der Waals surface area contributed by atoms with Crippen LogP contribution in [0.3, 0.4) is 0 Å². The van der Waals surface area contributed by atoms with Gasteiger partial charge in [0.15, 0.2) is 0 Å². The predicted octanol–water partition coefficient (Wildman–Crippen LogP) is 4.51. The maximum absolute atomic E-state index is 14.2. The highest BCUT2D eigenvalue weighted by molar-refractivity contribution is 6.04. The van der Waals surface area contributed by atoms with Gasteiger partial charge in [-0.15, -0.1) is 0 Å². The molecule has 1 aliphatic rings. The fourth-order valence-corrected chi connectivity index (χ4v) is 4.44. The minimum atomic E-state index is -0.948. The maximum atomic E-state index is 14.2. The van der Waals surface area contributed by atoms with E-state index in [1.807, 2.05) is 44.2 Å². The average Bonchev–Trinajstić information content (AvgIpc) is 3.16. The molecule has 4 aromatic rings. The van der Waals surface area contributed by atoms with Crippen LogP contribution in [-0.2, 0) is 4.79 Å². The molecular formula is C27H23FN4O2. The Balaban J connectivity index is 1.63. The molecule has 1 aromatic heterocycles. The molecule has 34 heavy (non-hydrogen) atoms. The second-order valence-corrected chi connectivity index (χ2v) is 8.43. The largest absolute Gasteiger partial charge is 0.339 e. The van der Waals surface area contributed by atoms with Gasteiger partial charge in [-0.05, 0) is 55.8 Å². The Kier molecular flexibility index (Phi) is 5.45. The number of nitrogens with one attached hydrogen (secondary N) is 2. The fourth-order valence-electron chi connectivity index (χ4n) is 4.44. The number of hydrogen-bond donors (Lipinski definition) is 2. The first-order chi connectivity index (χ1) is 16.4. The number of nitrogens with zero attached hydrogens (tertiary/aromatic N) is 2. The van der Waals surface area contributed by atoms with Gasteiger partial charge in [0.05, 0.1) is 11.4 Å². The van der Waals surface area contributed by atoms with Gasteiger partial charge in [-0.3, -0.25) is 9.59 Å². The van der Waals surface area contributed by atoms with Crippen molar-refractivity contribution in [3.05, 3.63) is 113 Å². The van der Waals surface area contributed by atoms with Crippen molar-refractivity contribution in [1.29, 1.82) is 0 Å². The third kappa shape index (κ3) is 3.85. The number of rotatable bonds is 4. The fraction of sp³-hybridized carbons (Fsp3) is 0.148. The number of anilines is 1. The lowest BCUT2D eigenvalue weighted by molar-refractivity contribution is -0.118. The summed E-state index contributed by atoms with van der Waals surface area (Å²) in [7, 11) is 0. The van der Waals surface area contributed by atoms with E-state index >= 15 is 0 Å². The molecule has 2 heterocycles. The molecule has 2 atom stereocenters. The van der Waals surface area contributed by atoms with E-state index in [2.05, 4.69) is 10.6 Å². The van der Waals surface area contributed by atoms with E-state index in [0.717, 1.165) is 16.8 Å². The van der Waals surface area contributed by atoms with Crippen molar-refractivity contribution in [3.63, 3.8) is 0 Å². The molecule has 2 amide bonds. The normalized spacial score (nSPS) is 17.1. The van der Waals surface area contributed by atoms with Crippen molar-refractivity contribution in [2.45, 2.75) is 25.8 Å². The highest BCUT2D eigenvalue weighted by Crippen LogP contribution is 2.40. The number of carbonyl (C=O) groups is 2. The van der Waals surface area contributed by atoms with Gasteiger partial charge < -0.3 is 10.6 Å². The molecule has 0 radical (unpaired) electrons. The van der Waals surface area contributed by atoms with Crippen molar-refractivity contribution in [2.24, 2.45) is 0 Å². The summed E-state index contributed by atoms with van der Waals surface area (Å²) < 4.78 is 15.9. The van der Waals surface area contributed by atoms with Crippen molar-refractivity contribution >= 4 is 17.6 Å². The van der Waals surface area contributed by atoms with Gasteiger partial charge in [0.25, 0.3) is 5.91 Å². The van der Waals surface area contributed by atoms with E-state index < -0.39 is 17.8 Å². The Morgan fingerprint density at radius 1 is 1.00 bits per heavy atom. The summed E-state index contributed by atoms with van der Waals surface area (Å²) in [5, 5.41) is 10.5. The second-order valence-electron chi connectivity index (χ2n) is 8.43. The zero-order valence-electron chi connectivity index (χ0n) is 18.7. The van der Waals surface area contributed by atoms with E-state index in [-0.39, 0.29) is 11.8 Å². The molecule has 0 aliphatic carbocycles. The molecule has 6 nitrogen and oxygen atoms in total. The van der Waals surface area contributed by atoms with Crippen LogP contribution in [0.5, 0.6) is 0 Å². The van der Waals surface area contributed by atoms with Gasteiger partial charge in [0, 0.05) is 17.0 Å². The molecule has 0 fully saturated rings. The van der Waals surface area contributed by atoms with Crippen LogP contribution in [0.25, 0.3) is 5.69 Å². The number of hydrogen-bond acceptors (Lipinski definition) is 3. The lowest BCUT2D eigenvalue weighted by Crippen LogP contribution is -2.50. The standard InChI is InChI=1S/C27H23FN4O2/c1-16-11-13-21(14-12-16)32-25-22(17(2)31-32)23(19-9-6-10-20(28)15-19)24(27(34)30-25)29-26(33)18-7-4-3-5-8-18/h3-15,23-24H,1-2H3,(H,29,33)(H,30,34). The van der Waals surface area contributed by atoms with Crippen molar-refractivity contribution in [3.8, 4) is 5.69 Å². The summed E-state index contributed by atoms with van der Waals surface area (Å²) in [5.41, 5.74) is 4.34. The van der Waals surface area contributed by atoms with Crippen LogP contribution in [0, 0.1) is 19.7 Å². The number of carbonyl (C=O) groups excluding carboxylic acids is 2. The highest BCUT2D eigenvalue weighted by Gasteiger charge is 2.42. The summed E-state index contributed by atoms with van der Waals surface area (Å²) in [6.45, 7) is 3.85. The van der Waals surface area contributed by atoms with Gasteiger partial charge in [-0.2, -0.15) is 5.10 Å². The third-order valence-corrected chi connectivity index (χ3v) is 6.08. The lowest BCUT2D eigenvalue weighted by atomic mass is 9.81. The minimum Gasteiger partial charge on any atom is -0.339 e. The Bertz CT molecular complexity index is 1380. The summed E-state index contributed by atoms with van der Waals surface area (Å²) in [6.07, 6.45) is 0. The summed E-state index contributed by atoms with van der Waals surface area (Å²) in [4.78, 5) is 26.4. The second kappa shape index (κ2) is 8.59. The van der Waals surface area contributed by atoms with Gasteiger partial charge in [0.1, 0.15) is 17.7 Å². The molecule has 0 saturated carbocycles. The summed E-state index contributed by atoms with van der Waals surface area (Å²) in [5.74, 6) is -1.28. The van der Waals surface area contributed by atoms with Crippen molar-refractivity contribution in [2.75, 3.05) is 5.32 Å². The van der Waals surface area contributed by atoms with E-state index in [4.69, 9.17) is 5.10 Å². The highest BCUT2D eigenvalue weighted by atomic mass is 19.1. The number of fused-ring (bicyclic) bond motifs is 1. The van der Waals surface area contributed by atoms with E-state index in [9.17, 15) is 14.0 Å². The Morgan fingerprint density at radius 2 is 1.74 bits per heavy atom. The summed E-state index contributed by atoms with van der Waals surface area (Å²) >= 11 is 0. The molecule has 0 spiro atoms. The average molecular weight is 455 g/mol. The first kappa shape index (κ1) is 21.6. The number of aromatic nitrogens is 2. The van der Waals surface area contributed by atoms with Gasteiger partial charge in [-0.25, -0.2) is 9.07 Å². The van der Waals surface area contributed by atoms with Crippen LogP contribution in [0.15, 0.2) is 78.9 Å². The smallest absolute Gasteiger partial charge is 0.251 e. The van der Waals surface area contributed by atoms with Gasteiger partial charge >= 0.3 is 0 Å². The van der Waals surface area contributed by atoms with E-state index in [0.29, 0.717) is 22.6 Å². The first-order valence-corrected chi connectivity index (χ1v) is 11.0. The maximum Gasteiger partial charge on any atom is 0.251 e. The van der Waals surface area contributed by atoms with Gasteiger partial charge in [-0.1, -0.05) is 48.0 Å². The minimum absolute atomic E-state index is 0.380. The van der Waals surface area contributed by atoms with Crippen molar-refractivity contribution < 1.29 is 14.0 Å². The molecule has 0 bridgehead atoms. The quantitative estimate of drug-likeness (QED) is 0.476. The van der Waals surface area contributed by atoms with Crippen LogP contribution < -0.4 is 10.6 Å². The Hall–Kier alpha value is -4.26. The molecule has 5 rings (SSSR count). The third-order valence-electron chi connectivity index (χ3n) is 6.08. The molecule has 3 aromatic carbocycles. The Morgan fingerprint density at radius 3 is 2.44 bits per heavy atom. The monoisotopic (exact) mass is 454 g/mol. The van der Waals surface area contributed by atoms with Gasteiger partial charge in [0.2, 0.25) is 5.91 Å². The zero-order chi connectivity index (χ0) is 23.8. The van der Waals surface area contributed by atoms with E-state index in [1.54, 1.807) is 41.1 Å². The van der Waals surface area contributed by atoms with E-state index in [1.165, 1.54) is 12.1 Å². The molecule has 7 heteroatoms. The molecule has 170 valence electrons. The lowest BCUT2D eigenvalue weighted by Gasteiger charge is -2.32. The van der Waals surface area contributed by atoms with Crippen LogP contribution in [-0.4, -0.2) is 27.6 Å². The van der Waals surface area contributed by atoms with Crippen LogP contribution in [0.1, 0.15) is 38.7 Å². The molecule has 2 N–H and O–H groups in total. The summed E-state index contributed by atoms with van der Waals surface area (Å²) in [6, 6.07) is 21.7. The molecular weight excluding hydrogens is 431 g/mol. The number of halogens is 1. The predicted molar refractivity (Wildman–Crippen MR) is 128 cm³/mol. The topological polar surface area (TPSA) is 76.0 Å². The zero-order valence-corrected chi connectivity index (χ0v) is 18.7.